The number of carbonyl (C=O) groups is 1. The van der Waals surface area contributed by atoms with Crippen LogP contribution < -0.4 is 5.32 Å². The van der Waals surface area contributed by atoms with Gasteiger partial charge in [-0.25, -0.2) is 0 Å². The zero-order valence-corrected chi connectivity index (χ0v) is 14.8. The third-order valence-corrected chi connectivity index (χ3v) is 4.07. The zero-order chi connectivity index (χ0) is 16.7. The lowest BCUT2D eigenvalue weighted by atomic mass is 10.1. The molecule has 120 valence electrons. The number of rotatable bonds is 6. The Balaban J connectivity index is 1.79. The van der Waals surface area contributed by atoms with Crippen molar-refractivity contribution in [1.29, 1.82) is 0 Å². The van der Waals surface area contributed by atoms with Crippen LogP contribution in [0.2, 0.25) is 5.02 Å². The summed E-state index contributed by atoms with van der Waals surface area (Å²) in [5.74, 6) is -0.235. The first-order valence-electron chi connectivity index (χ1n) is 7.01. The van der Waals surface area contributed by atoms with E-state index in [-0.39, 0.29) is 18.6 Å². The van der Waals surface area contributed by atoms with Crippen LogP contribution in [0, 0.1) is 0 Å². The number of hydrogen-bond donors (Lipinski definition) is 1. The second kappa shape index (κ2) is 8.70. The molecule has 0 fully saturated rings. The lowest BCUT2D eigenvalue weighted by Gasteiger charge is -2.15. The molecule has 1 amide bonds. The maximum absolute atomic E-state index is 11.9. The first kappa shape index (κ1) is 17.5. The van der Waals surface area contributed by atoms with Gasteiger partial charge in [0.25, 0.3) is 5.91 Å². The molecule has 0 heterocycles. The van der Waals surface area contributed by atoms with E-state index >= 15 is 0 Å². The van der Waals surface area contributed by atoms with Crippen molar-refractivity contribution in [2.24, 2.45) is 5.16 Å². The Kier molecular flexibility index (Phi) is 6.62. The monoisotopic (exact) mass is 394 g/mol. The Hall–Kier alpha value is -1.85. The summed E-state index contributed by atoms with van der Waals surface area (Å²) in [6.45, 7) is 1.77. The highest BCUT2D eigenvalue weighted by Gasteiger charge is 2.12. The average molecular weight is 396 g/mol. The number of nitrogens with one attached hydrogen (secondary N) is 1. The van der Waals surface area contributed by atoms with Gasteiger partial charge in [0, 0.05) is 9.50 Å². The molecule has 0 bridgehead atoms. The predicted molar refractivity (Wildman–Crippen MR) is 95.7 cm³/mol. The van der Waals surface area contributed by atoms with Crippen LogP contribution in [0.15, 0.2) is 58.2 Å². The summed E-state index contributed by atoms with van der Waals surface area (Å²) in [7, 11) is 0. The molecule has 4 nitrogen and oxygen atoms in total. The molecule has 0 aliphatic heterocycles. The maximum Gasteiger partial charge on any atom is 0.261 e. The van der Waals surface area contributed by atoms with E-state index in [1.807, 2.05) is 43.3 Å². The molecule has 0 unspecified atom stereocenters. The summed E-state index contributed by atoms with van der Waals surface area (Å²) in [4.78, 5) is 16.9. The fraction of sp³-hybridized carbons (Fsp3) is 0.176. The Bertz CT molecular complexity index is 689. The van der Waals surface area contributed by atoms with Gasteiger partial charge in [-0.05, 0) is 36.2 Å². The van der Waals surface area contributed by atoms with Gasteiger partial charge in [-0.15, -0.1) is 0 Å². The molecule has 6 heteroatoms. The molecule has 0 spiro atoms. The van der Waals surface area contributed by atoms with E-state index in [9.17, 15) is 4.79 Å². The summed E-state index contributed by atoms with van der Waals surface area (Å²) >= 11 is 9.26. The summed E-state index contributed by atoms with van der Waals surface area (Å²) in [5.41, 5.74) is 1.85. The van der Waals surface area contributed by atoms with Gasteiger partial charge in [-0.3, -0.25) is 4.79 Å². The molecular formula is C17H16BrClN2O2. The number of nitrogens with zero attached hydrogens (tertiary/aromatic N) is 1. The van der Waals surface area contributed by atoms with Crippen LogP contribution in [0.4, 0.5) is 0 Å². The van der Waals surface area contributed by atoms with Crippen molar-refractivity contribution >= 4 is 39.7 Å². The van der Waals surface area contributed by atoms with E-state index in [1.54, 1.807) is 12.1 Å². The normalized spacial score (nSPS) is 12.1. The van der Waals surface area contributed by atoms with Gasteiger partial charge >= 0.3 is 0 Å². The molecule has 0 radical (unpaired) electrons. The van der Waals surface area contributed by atoms with E-state index in [1.165, 1.54) is 6.21 Å². The number of hydrogen-bond acceptors (Lipinski definition) is 3. The molecule has 1 N–H and O–H groups in total. The molecule has 23 heavy (non-hydrogen) atoms. The van der Waals surface area contributed by atoms with Gasteiger partial charge in [-0.1, -0.05) is 63.0 Å². The minimum Gasteiger partial charge on any atom is -0.386 e. The first-order valence-corrected chi connectivity index (χ1v) is 8.18. The molecule has 2 aromatic rings. The molecule has 0 aliphatic carbocycles. The number of carbonyl (C=O) groups excluding carboxylic acids is 1. The van der Waals surface area contributed by atoms with Gasteiger partial charge in [0.05, 0.1) is 12.3 Å². The van der Waals surface area contributed by atoms with E-state index in [0.29, 0.717) is 5.02 Å². The third kappa shape index (κ3) is 5.69. The van der Waals surface area contributed by atoms with Gasteiger partial charge in [0.1, 0.15) is 0 Å². The molecule has 2 rings (SSSR count). The van der Waals surface area contributed by atoms with Crippen molar-refractivity contribution < 1.29 is 9.63 Å². The zero-order valence-electron chi connectivity index (χ0n) is 12.5. The quantitative estimate of drug-likeness (QED) is 0.584. The molecule has 0 aromatic heterocycles. The number of halogens is 2. The average Bonchev–Trinajstić information content (AvgIpc) is 2.53. The molecule has 0 saturated heterocycles. The summed E-state index contributed by atoms with van der Waals surface area (Å²) in [6.07, 6.45) is 1.53. The number of benzene rings is 2. The largest absolute Gasteiger partial charge is 0.386 e. The van der Waals surface area contributed by atoms with Crippen LogP contribution in [0.5, 0.6) is 0 Å². The maximum atomic E-state index is 11.9. The summed E-state index contributed by atoms with van der Waals surface area (Å²) < 4.78 is 0.953. The lowest BCUT2D eigenvalue weighted by molar-refractivity contribution is -0.126. The Morgan fingerprint density at radius 2 is 2.00 bits per heavy atom. The fourth-order valence-corrected chi connectivity index (χ4v) is 2.68. The lowest BCUT2D eigenvalue weighted by Crippen LogP contribution is -2.29. The smallest absolute Gasteiger partial charge is 0.261 e. The second-order valence-corrected chi connectivity index (χ2v) is 6.16. The van der Waals surface area contributed by atoms with Crippen molar-refractivity contribution in [2.45, 2.75) is 13.0 Å². The topological polar surface area (TPSA) is 50.7 Å². The fourth-order valence-electron chi connectivity index (χ4n) is 1.93. The SMILES string of the molecule is C[C@H](NC(=O)CO/N=C\c1ccc(Cl)cc1)c1ccccc1Br. The van der Waals surface area contributed by atoms with E-state index in [4.69, 9.17) is 16.4 Å². The highest BCUT2D eigenvalue weighted by molar-refractivity contribution is 9.10. The summed E-state index contributed by atoms with van der Waals surface area (Å²) in [6, 6.07) is 14.8. The molecule has 2 aromatic carbocycles. The molecule has 0 saturated carbocycles. The van der Waals surface area contributed by atoms with Crippen LogP contribution in [-0.4, -0.2) is 18.7 Å². The van der Waals surface area contributed by atoms with Gasteiger partial charge < -0.3 is 10.2 Å². The van der Waals surface area contributed by atoms with E-state index < -0.39 is 0 Å². The Labute approximate surface area is 148 Å². The van der Waals surface area contributed by atoms with Crippen LogP contribution >= 0.6 is 27.5 Å². The predicted octanol–water partition coefficient (Wildman–Crippen LogP) is 4.33. The summed E-state index contributed by atoms with van der Waals surface area (Å²) in [5, 5.41) is 7.28. The van der Waals surface area contributed by atoms with Crippen LogP contribution in [0.3, 0.4) is 0 Å². The minimum absolute atomic E-state index is 0.123. The molecular weight excluding hydrogens is 380 g/mol. The Morgan fingerprint density at radius 1 is 1.30 bits per heavy atom. The van der Waals surface area contributed by atoms with Crippen molar-refractivity contribution in [3.05, 3.63) is 69.2 Å². The molecule has 0 aliphatic rings. The number of amides is 1. The van der Waals surface area contributed by atoms with Gasteiger partial charge in [-0.2, -0.15) is 0 Å². The third-order valence-electron chi connectivity index (χ3n) is 3.09. The van der Waals surface area contributed by atoms with E-state index in [2.05, 4.69) is 26.4 Å². The minimum atomic E-state index is -0.235. The van der Waals surface area contributed by atoms with Crippen molar-refractivity contribution in [3.8, 4) is 0 Å². The van der Waals surface area contributed by atoms with Crippen molar-refractivity contribution in [3.63, 3.8) is 0 Å². The van der Waals surface area contributed by atoms with Crippen LogP contribution in [-0.2, 0) is 9.63 Å². The van der Waals surface area contributed by atoms with Gasteiger partial charge in [0.15, 0.2) is 6.61 Å². The highest BCUT2D eigenvalue weighted by atomic mass is 79.9. The first-order chi connectivity index (χ1) is 11.1. The van der Waals surface area contributed by atoms with Crippen molar-refractivity contribution in [2.75, 3.05) is 6.61 Å². The van der Waals surface area contributed by atoms with E-state index in [0.717, 1.165) is 15.6 Å². The standard InChI is InChI=1S/C17H16BrClN2O2/c1-12(15-4-2-3-5-16(15)18)21-17(22)11-23-20-10-13-6-8-14(19)9-7-13/h2-10,12H,11H2,1H3,(H,21,22)/b20-10-/t12-/m0/s1. The number of oxime groups is 1. The molecule has 1 atom stereocenters. The Morgan fingerprint density at radius 3 is 2.70 bits per heavy atom. The van der Waals surface area contributed by atoms with Gasteiger partial charge in [0.2, 0.25) is 0 Å². The second-order valence-electron chi connectivity index (χ2n) is 4.87. The van der Waals surface area contributed by atoms with Crippen LogP contribution in [0.25, 0.3) is 0 Å². The van der Waals surface area contributed by atoms with Crippen molar-refractivity contribution in [1.82, 2.24) is 5.32 Å². The van der Waals surface area contributed by atoms with Crippen LogP contribution in [0.1, 0.15) is 24.1 Å². The highest BCUT2D eigenvalue weighted by Crippen LogP contribution is 2.22.